The van der Waals surface area contributed by atoms with Gasteiger partial charge < -0.3 is 11.1 Å². The lowest BCUT2D eigenvalue weighted by Crippen LogP contribution is -2.54. The number of halogens is 1. The predicted molar refractivity (Wildman–Crippen MR) is 85.8 cm³/mol. The van der Waals surface area contributed by atoms with Crippen LogP contribution < -0.4 is 11.1 Å². The standard InChI is InChI=1S/C15H19BrN4O/c1-10-13(16)11(2)20(19-10)9-15(18-3,14(17)21)12-7-5-4-6-8-12/h4-8,18H,9H2,1-3H3,(H2,17,21). The largest absolute Gasteiger partial charge is 0.368 e. The molecule has 3 N–H and O–H groups in total. The highest BCUT2D eigenvalue weighted by atomic mass is 79.9. The molecule has 0 bridgehead atoms. The fraction of sp³-hybridized carbons (Fsp3) is 0.333. The van der Waals surface area contributed by atoms with Crippen molar-refractivity contribution in [2.75, 3.05) is 7.05 Å². The summed E-state index contributed by atoms with van der Waals surface area (Å²) in [5, 5.41) is 7.56. The van der Waals surface area contributed by atoms with E-state index in [9.17, 15) is 4.79 Å². The lowest BCUT2D eigenvalue weighted by molar-refractivity contribution is -0.125. The molecule has 21 heavy (non-hydrogen) atoms. The molecule has 5 nitrogen and oxygen atoms in total. The van der Waals surface area contributed by atoms with Crippen molar-refractivity contribution in [3.05, 3.63) is 51.8 Å². The summed E-state index contributed by atoms with van der Waals surface area (Å²) in [6, 6.07) is 9.47. The summed E-state index contributed by atoms with van der Waals surface area (Å²) in [5.41, 5.74) is 7.38. The van der Waals surface area contributed by atoms with Gasteiger partial charge in [0.15, 0.2) is 0 Å². The van der Waals surface area contributed by atoms with Crippen LogP contribution in [0.15, 0.2) is 34.8 Å². The van der Waals surface area contributed by atoms with Gasteiger partial charge in [-0.2, -0.15) is 5.10 Å². The van der Waals surface area contributed by atoms with Crippen molar-refractivity contribution in [1.29, 1.82) is 0 Å². The van der Waals surface area contributed by atoms with Gasteiger partial charge in [-0.15, -0.1) is 0 Å². The number of nitrogens with zero attached hydrogens (tertiary/aromatic N) is 2. The van der Waals surface area contributed by atoms with Gasteiger partial charge in [-0.1, -0.05) is 30.3 Å². The third-order valence-corrected chi connectivity index (χ3v) is 4.94. The molecule has 1 aromatic heterocycles. The molecule has 0 spiro atoms. The number of nitrogens with two attached hydrogens (primary N) is 1. The van der Waals surface area contributed by atoms with Gasteiger partial charge in [0.1, 0.15) is 5.54 Å². The van der Waals surface area contributed by atoms with Gasteiger partial charge in [-0.25, -0.2) is 0 Å². The summed E-state index contributed by atoms with van der Waals surface area (Å²) in [6.45, 7) is 4.21. The van der Waals surface area contributed by atoms with Crippen LogP contribution in [-0.4, -0.2) is 22.7 Å². The maximum atomic E-state index is 12.2. The fourth-order valence-corrected chi connectivity index (χ4v) is 2.72. The molecule has 2 aromatic rings. The Morgan fingerprint density at radius 3 is 2.43 bits per heavy atom. The molecule has 1 amide bonds. The zero-order valence-corrected chi connectivity index (χ0v) is 13.9. The van der Waals surface area contributed by atoms with E-state index in [0.717, 1.165) is 21.4 Å². The first-order chi connectivity index (χ1) is 9.92. The number of aryl methyl sites for hydroxylation is 1. The molecule has 0 aliphatic heterocycles. The Kier molecular flexibility index (Phi) is 4.49. The zero-order chi connectivity index (χ0) is 15.6. The van der Waals surface area contributed by atoms with Crippen LogP contribution in [-0.2, 0) is 16.9 Å². The van der Waals surface area contributed by atoms with Gasteiger partial charge in [-0.05, 0) is 42.4 Å². The first-order valence-corrected chi connectivity index (χ1v) is 7.45. The molecule has 0 fully saturated rings. The summed E-state index contributed by atoms with van der Waals surface area (Å²) in [6.07, 6.45) is 0. The maximum absolute atomic E-state index is 12.2. The van der Waals surface area contributed by atoms with Crippen molar-refractivity contribution in [3.63, 3.8) is 0 Å². The average molecular weight is 351 g/mol. The minimum atomic E-state index is -0.996. The van der Waals surface area contributed by atoms with Crippen molar-refractivity contribution in [2.45, 2.75) is 25.9 Å². The molecule has 1 heterocycles. The van der Waals surface area contributed by atoms with E-state index in [4.69, 9.17) is 5.73 Å². The van der Waals surface area contributed by atoms with Crippen LogP contribution in [0.3, 0.4) is 0 Å². The van der Waals surface area contributed by atoms with Crippen molar-refractivity contribution in [1.82, 2.24) is 15.1 Å². The van der Waals surface area contributed by atoms with E-state index < -0.39 is 11.4 Å². The van der Waals surface area contributed by atoms with E-state index in [1.807, 2.05) is 44.2 Å². The van der Waals surface area contributed by atoms with Gasteiger partial charge >= 0.3 is 0 Å². The lowest BCUT2D eigenvalue weighted by atomic mass is 9.89. The summed E-state index contributed by atoms with van der Waals surface area (Å²) in [5.74, 6) is -0.431. The Balaban J connectivity index is 2.51. The number of benzene rings is 1. The highest BCUT2D eigenvalue weighted by molar-refractivity contribution is 9.10. The van der Waals surface area contributed by atoms with Gasteiger partial charge in [0, 0.05) is 5.69 Å². The summed E-state index contributed by atoms with van der Waals surface area (Å²) < 4.78 is 2.75. The summed E-state index contributed by atoms with van der Waals surface area (Å²) in [7, 11) is 1.73. The van der Waals surface area contributed by atoms with Crippen molar-refractivity contribution >= 4 is 21.8 Å². The van der Waals surface area contributed by atoms with Gasteiger partial charge in [0.2, 0.25) is 5.91 Å². The third-order valence-electron chi connectivity index (χ3n) is 3.79. The summed E-state index contributed by atoms with van der Waals surface area (Å²) >= 11 is 3.50. The number of amides is 1. The average Bonchev–Trinajstić information content (AvgIpc) is 2.72. The SMILES string of the molecule is CNC(Cn1nc(C)c(Br)c1C)(C(N)=O)c1ccccc1. The molecule has 2 rings (SSSR count). The van der Waals surface area contributed by atoms with E-state index in [0.29, 0.717) is 6.54 Å². The molecule has 0 saturated heterocycles. The van der Waals surface area contributed by atoms with Crippen LogP contribution in [0.5, 0.6) is 0 Å². The zero-order valence-electron chi connectivity index (χ0n) is 12.4. The normalized spacial score (nSPS) is 13.9. The fourth-order valence-electron chi connectivity index (χ4n) is 2.43. The minimum Gasteiger partial charge on any atom is -0.368 e. The highest BCUT2D eigenvalue weighted by Gasteiger charge is 2.38. The van der Waals surface area contributed by atoms with Crippen LogP contribution in [0.4, 0.5) is 0 Å². The number of rotatable bonds is 5. The van der Waals surface area contributed by atoms with Gasteiger partial charge in [-0.3, -0.25) is 9.48 Å². The molecule has 1 aromatic carbocycles. The molecular formula is C15H19BrN4O. The topological polar surface area (TPSA) is 72.9 Å². The van der Waals surface area contributed by atoms with E-state index in [2.05, 4.69) is 26.3 Å². The lowest BCUT2D eigenvalue weighted by Gasteiger charge is -2.31. The molecule has 0 aliphatic carbocycles. The van der Waals surface area contributed by atoms with E-state index >= 15 is 0 Å². The Labute approximate surface area is 132 Å². The van der Waals surface area contributed by atoms with Crippen LogP contribution in [0.2, 0.25) is 0 Å². The van der Waals surface area contributed by atoms with Gasteiger partial charge in [0.25, 0.3) is 0 Å². The highest BCUT2D eigenvalue weighted by Crippen LogP contribution is 2.26. The second-order valence-corrected chi connectivity index (χ2v) is 5.82. The Morgan fingerprint density at radius 1 is 1.38 bits per heavy atom. The number of carbonyl (C=O) groups excluding carboxylic acids is 1. The third kappa shape index (κ3) is 2.73. The quantitative estimate of drug-likeness (QED) is 0.864. The number of likely N-dealkylation sites (N-methyl/N-ethyl adjacent to an activating group) is 1. The molecular weight excluding hydrogens is 332 g/mol. The second-order valence-electron chi connectivity index (χ2n) is 5.03. The smallest absolute Gasteiger partial charge is 0.244 e. The van der Waals surface area contributed by atoms with Crippen LogP contribution in [0, 0.1) is 13.8 Å². The van der Waals surface area contributed by atoms with E-state index in [1.165, 1.54) is 0 Å². The molecule has 0 saturated carbocycles. The number of carbonyl (C=O) groups is 1. The van der Waals surface area contributed by atoms with Gasteiger partial charge in [0.05, 0.1) is 16.7 Å². The molecule has 112 valence electrons. The van der Waals surface area contributed by atoms with Crippen LogP contribution >= 0.6 is 15.9 Å². The summed E-state index contributed by atoms with van der Waals surface area (Å²) in [4.78, 5) is 12.2. The Bertz CT molecular complexity index is 653. The first kappa shape index (κ1) is 15.7. The molecule has 6 heteroatoms. The molecule has 1 unspecified atom stereocenters. The monoisotopic (exact) mass is 350 g/mol. The molecule has 1 atom stereocenters. The number of primary amides is 1. The maximum Gasteiger partial charge on any atom is 0.244 e. The number of hydrogen-bond donors (Lipinski definition) is 2. The number of hydrogen-bond acceptors (Lipinski definition) is 3. The van der Waals surface area contributed by atoms with Crippen molar-refractivity contribution in [3.8, 4) is 0 Å². The first-order valence-electron chi connectivity index (χ1n) is 6.66. The Morgan fingerprint density at radius 2 is 2.00 bits per heavy atom. The molecule has 0 radical (unpaired) electrons. The number of aromatic nitrogens is 2. The van der Waals surface area contributed by atoms with Crippen LogP contribution in [0.1, 0.15) is 17.0 Å². The van der Waals surface area contributed by atoms with Crippen molar-refractivity contribution in [2.24, 2.45) is 5.73 Å². The molecule has 0 aliphatic rings. The predicted octanol–water partition coefficient (Wildman–Crippen LogP) is 1.86. The second kappa shape index (κ2) is 5.99. The Hall–Kier alpha value is -1.66. The van der Waals surface area contributed by atoms with E-state index in [1.54, 1.807) is 11.7 Å². The van der Waals surface area contributed by atoms with Crippen LogP contribution in [0.25, 0.3) is 0 Å². The van der Waals surface area contributed by atoms with E-state index in [-0.39, 0.29) is 0 Å². The number of nitrogens with one attached hydrogen (secondary N) is 1. The minimum absolute atomic E-state index is 0.334. The van der Waals surface area contributed by atoms with Crippen molar-refractivity contribution < 1.29 is 4.79 Å².